The smallest absolute Gasteiger partial charge is 0.238 e. The molecule has 1 amide bonds. The van der Waals surface area contributed by atoms with Crippen molar-refractivity contribution >= 4 is 12.2 Å². The number of aldehydes is 1. The molecule has 2 unspecified atom stereocenters. The van der Waals surface area contributed by atoms with Crippen LogP contribution >= 0.6 is 0 Å². The van der Waals surface area contributed by atoms with E-state index in [1.54, 1.807) is 0 Å². The van der Waals surface area contributed by atoms with Crippen LogP contribution < -0.4 is 21.7 Å². The fourth-order valence-electron chi connectivity index (χ4n) is 3.46. The summed E-state index contributed by atoms with van der Waals surface area (Å²) in [5, 5.41) is 9.60. The largest absolute Gasteiger partial charge is 0.346 e. The fraction of sp³-hybridized carbons (Fsp3) is 0.889. The Labute approximate surface area is 155 Å². The Morgan fingerprint density at radius 1 is 1.35 bits per heavy atom. The molecule has 5 atom stereocenters. The number of ether oxygens (including phenoxy) is 2. The van der Waals surface area contributed by atoms with Crippen LogP contribution in [0.3, 0.4) is 0 Å². The summed E-state index contributed by atoms with van der Waals surface area (Å²) < 4.78 is 11.8. The van der Waals surface area contributed by atoms with Crippen molar-refractivity contribution in [3.63, 3.8) is 0 Å². The highest BCUT2D eigenvalue weighted by molar-refractivity contribution is 5.82. The summed E-state index contributed by atoms with van der Waals surface area (Å²) >= 11 is 0. The van der Waals surface area contributed by atoms with Crippen molar-refractivity contribution in [2.45, 2.75) is 58.2 Å². The Kier molecular flexibility index (Phi) is 7.54. The molecule has 8 nitrogen and oxygen atoms in total. The number of nitrogens with one attached hydrogen (secondary N) is 3. The van der Waals surface area contributed by atoms with Crippen LogP contribution in [0.1, 0.15) is 34.1 Å². The SMILES string of the molecule is CC[C@H](C)[C@@H](C=O)NC(NC(=O)[C@@H](N)C(C)C)C1CNCC12OCCO2. The highest BCUT2D eigenvalue weighted by Gasteiger charge is 2.52. The maximum atomic E-state index is 12.6. The van der Waals surface area contributed by atoms with Crippen molar-refractivity contribution < 1.29 is 19.1 Å². The molecule has 2 saturated heterocycles. The number of hydrogen-bond acceptors (Lipinski definition) is 7. The lowest BCUT2D eigenvalue weighted by atomic mass is 9.94. The van der Waals surface area contributed by atoms with Gasteiger partial charge in [0.2, 0.25) is 5.91 Å². The van der Waals surface area contributed by atoms with Gasteiger partial charge in [-0.05, 0) is 11.8 Å². The van der Waals surface area contributed by atoms with Gasteiger partial charge in [0, 0.05) is 6.54 Å². The second-order valence-corrected chi connectivity index (χ2v) is 7.72. The third kappa shape index (κ3) is 4.61. The summed E-state index contributed by atoms with van der Waals surface area (Å²) in [6, 6.07) is -0.993. The zero-order valence-corrected chi connectivity index (χ0v) is 16.3. The molecule has 0 bridgehead atoms. The normalized spacial score (nSPS) is 26.6. The van der Waals surface area contributed by atoms with Crippen LogP contribution in [0.15, 0.2) is 0 Å². The molecular formula is C18H34N4O4. The number of amides is 1. The van der Waals surface area contributed by atoms with E-state index in [1.165, 1.54) is 0 Å². The van der Waals surface area contributed by atoms with Crippen molar-refractivity contribution in [2.24, 2.45) is 23.5 Å². The number of carbonyl (C=O) groups is 2. The molecule has 5 N–H and O–H groups in total. The molecule has 2 aliphatic heterocycles. The molecule has 0 radical (unpaired) electrons. The summed E-state index contributed by atoms with van der Waals surface area (Å²) in [6.07, 6.45) is 1.27. The molecule has 1 spiro atoms. The lowest BCUT2D eigenvalue weighted by molar-refractivity contribution is -0.179. The van der Waals surface area contributed by atoms with Gasteiger partial charge in [-0.1, -0.05) is 34.1 Å². The van der Waals surface area contributed by atoms with E-state index in [4.69, 9.17) is 15.2 Å². The highest BCUT2D eigenvalue weighted by atomic mass is 16.7. The zero-order valence-electron chi connectivity index (χ0n) is 16.3. The van der Waals surface area contributed by atoms with Crippen LogP contribution in [-0.4, -0.2) is 62.5 Å². The van der Waals surface area contributed by atoms with E-state index in [1.807, 2.05) is 27.7 Å². The van der Waals surface area contributed by atoms with Crippen molar-refractivity contribution in [3.05, 3.63) is 0 Å². The van der Waals surface area contributed by atoms with Gasteiger partial charge in [-0.15, -0.1) is 0 Å². The van der Waals surface area contributed by atoms with Crippen molar-refractivity contribution in [3.8, 4) is 0 Å². The van der Waals surface area contributed by atoms with E-state index in [0.29, 0.717) is 26.3 Å². The molecular weight excluding hydrogens is 336 g/mol. The van der Waals surface area contributed by atoms with Gasteiger partial charge < -0.3 is 30.6 Å². The molecule has 150 valence electrons. The Morgan fingerprint density at radius 2 is 2.00 bits per heavy atom. The van der Waals surface area contributed by atoms with Crippen molar-refractivity contribution in [2.75, 3.05) is 26.3 Å². The molecule has 2 rings (SSSR count). The first-order valence-corrected chi connectivity index (χ1v) is 9.60. The zero-order chi connectivity index (χ0) is 19.3. The Bertz CT molecular complexity index is 476. The number of rotatable bonds is 9. The molecule has 0 aromatic heterocycles. The molecule has 2 fully saturated rings. The Balaban J connectivity index is 2.20. The van der Waals surface area contributed by atoms with E-state index in [2.05, 4.69) is 16.0 Å². The quantitative estimate of drug-likeness (QED) is 0.322. The highest BCUT2D eigenvalue weighted by Crippen LogP contribution is 2.33. The first kappa shape index (κ1) is 21.2. The molecule has 0 aliphatic carbocycles. The monoisotopic (exact) mass is 370 g/mol. The van der Waals surface area contributed by atoms with Crippen LogP contribution in [-0.2, 0) is 19.1 Å². The van der Waals surface area contributed by atoms with Gasteiger partial charge in [-0.25, -0.2) is 0 Å². The second kappa shape index (κ2) is 9.23. The van der Waals surface area contributed by atoms with E-state index in [0.717, 1.165) is 12.7 Å². The van der Waals surface area contributed by atoms with Gasteiger partial charge in [-0.3, -0.25) is 10.1 Å². The number of carbonyl (C=O) groups excluding carboxylic acids is 2. The van der Waals surface area contributed by atoms with E-state index in [9.17, 15) is 9.59 Å². The van der Waals surface area contributed by atoms with E-state index < -0.39 is 18.0 Å². The summed E-state index contributed by atoms with van der Waals surface area (Å²) in [4.78, 5) is 24.2. The topological polar surface area (TPSA) is 115 Å². The van der Waals surface area contributed by atoms with Gasteiger partial charge in [-0.2, -0.15) is 0 Å². The summed E-state index contributed by atoms with van der Waals surface area (Å²) in [7, 11) is 0. The van der Waals surface area contributed by atoms with Gasteiger partial charge >= 0.3 is 0 Å². The molecule has 26 heavy (non-hydrogen) atoms. The molecule has 0 aromatic carbocycles. The minimum absolute atomic E-state index is 0.0155. The molecule has 0 saturated carbocycles. The average molecular weight is 370 g/mol. The van der Waals surface area contributed by atoms with Crippen LogP contribution in [0, 0.1) is 17.8 Å². The minimum atomic E-state index is -0.782. The predicted octanol–water partition coefficient (Wildman–Crippen LogP) is -0.422. The van der Waals surface area contributed by atoms with Crippen LogP contribution in [0.25, 0.3) is 0 Å². The minimum Gasteiger partial charge on any atom is -0.346 e. The van der Waals surface area contributed by atoms with Crippen LogP contribution in [0.4, 0.5) is 0 Å². The standard InChI is InChI=1S/C18H34N4O4/c1-5-12(4)14(9-23)21-16(22-17(24)15(19)11(2)3)13-8-20-10-18(13)25-6-7-26-18/h9,11-16,20-21H,5-8,10,19H2,1-4H3,(H,22,24)/t12-,13?,14+,15-,16?/m0/s1. The summed E-state index contributed by atoms with van der Waals surface area (Å²) in [6.45, 7) is 10.1. The van der Waals surface area contributed by atoms with Crippen LogP contribution in [0.5, 0.6) is 0 Å². The third-order valence-corrected chi connectivity index (χ3v) is 5.57. The van der Waals surface area contributed by atoms with Crippen LogP contribution in [0.2, 0.25) is 0 Å². The van der Waals surface area contributed by atoms with E-state index in [-0.39, 0.29) is 29.7 Å². The van der Waals surface area contributed by atoms with Gasteiger partial charge in [0.1, 0.15) is 6.29 Å². The predicted molar refractivity (Wildman–Crippen MR) is 98.2 cm³/mol. The summed E-state index contributed by atoms with van der Waals surface area (Å²) in [5.74, 6) is -1.04. The third-order valence-electron chi connectivity index (χ3n) is 5.57. The Morgan fingerprint density at radius 3 is 2.54 bits per heavy atom. The van der Waals surface area contributed by atoms with Gasteiger partial charge in [0.25, 0.3) is 0 Å². The van der Waals surface area contributed by atoms with Crippen molar-refractivity contribution in [1.29, 1.82) is 0 Å². The maximum absolute atomic E-state index is 12.6. The number of nitrogens with two attached hydrogens (primary N) is 1. The van der Waals surface area contributed by atoms with Crippen molar-refractivity contribution in [1.82, 2.24) is 16.0 Å². The second-order valence-electron chi connectivity index (χ2n) is 7.72. The fourth-order valence-corrected chi connectivity index (χ4v) is 3.46. The lowest BCUT2D eigenvalue weighted by Crippen LogP contribution is -2.63. The first-order valence-electron chi connectivity index (χ1n) is 9.60. The molecule has 2 aliphatic rings. The number of hydrogen-bond donors (Lipinski definition) is 4. The van der Waals surface area contributed by atoms with Gasteiger partial charge in [0.05, 0.1) is 43.9 Å². The van der Waals surface area contributed by atoms with E-state index >= 15 is 0 Å². The lowest BCUT2D eigenvalue weighted by Gasteiger charge is -2.37. The molecule has 8 heteroatoms. The Hall–Kier alpha value is -1.06. The molecule has 0 aromatic rings. The first-order chi connectivity index (χ1) is 12.3. The summed E-state index contributed by atoms with van der Waals surface area (Å²) in [5.41, 5.74) is 6.01. The van der Waals surface area contributed by atoms with Gasteiger partial charge in [0.15, 0.2) is 5.79 Å². The molecule has 2 heterocycles. The average Bonchev–Trinajstić information content (AvgIpc) is 3.27. The maximum Gasteiger partial charge on any atom is 0.238 e.